The monoisotopic (exact) mass is 416 g/mol. The van der Waals surface area contributed by atoms with Crippen molar-refractivity contribution in [1.82, 2.24) is 19.3 Å². The summed E-state index contributed by atoms with van der Waals surface area (Å²) in [6, 6.07) is 10.5. The summed E-state index contributed by atoms with van der Waals surface area (Å²) in [5, 5.41) is 8.40. The van der Waals surface area contributed by atoms with Gasteiger partial charge in [-0.3, -0.25) is 4.55 Å². The first kappa shape index (κ1) is 21.4. The standard InChI is InChI=1S/C21H28N4O3S/c1-13(2)20(15-8-7-14(3)17(9-15)12-24(4)29(26)27)16-10-18-21(19(11-16)28-6)25(5)23-22-18/h7-11,13,20H,12H2,1-6H3,(H,26,27). The molecular formula is C21H28N4O3S. The molecular weight excluding hydrogens is 388 g/mol. The van der Waals surface area contributed by atoms with Crippen molar-refractivity contribution in [2.24, 2.45) is 13.0 Å². The molecule has 3 rings (SSSR count). The van der Waals surface area contributed by atoms with Crippen LogP contribution in [-0.2, 0) is 24.9 Å². The van der Waals surface area contributed by atoms with Gasteiger partial charge in [0, 0.05) is 26.6 Å². The van der Waals surface area contributed by atoms with Crippen LogP contribution in [0.3, 0.4) is 0 Å². The Morgan fingerprint density at radius 2 is 1.97 bits per heavy atom. The Morgan fingerprint density at radius 1 is 1.24 bits per heavy atom. The van der Waals surface area contributed by atoms with E-state index in [1.807, 2.05) is 14.0 Å². The zero-order chi connectivity index (χ0) is 21.3. The molecule has 2 aromatic carbocycles. The minimum Gasteiger partial charge on any atom is -0.494 e. The van der Waals surface area contributed by atoms with Gasteiger partial charge >= 0.3 is 0 Å². The van der Waals surface area contributed by atoms with Crippen LogP contribution in [-0.4, -0.2) is 42.2 Å². The average Bonchev–Trinajstić information content (AvgIpc) is 3.04. The number of methoxy groups -OCH3 is 1. The first-order valence-corrected chi connectivity index (χ1v) is 10.6. The van der Waals surface area contributed by atoms with Crippen LogP contribution in [0.25, 0.3) is 11.0 Å². The van der Waals surface area contributed by atoms with Crippen LogP contribution in [0.2, 0.25) is 0 Å². The molecule has 29 heavy (non-hydrogen) atoms. The van der Waals surface area contributed by atoms with E-state index >= 15 is 0 Å². The molecule has 0 bridgehead atoms. The summed E-state index contributed by atoms with van der Waals surface area (Å²) in [5.74, 6) is 1.20. The molecule has 0 amide bonds. The molecule has 8 heteroatoms. The Hall–Kier alpha value is -2.29. The molecule has 0 aliphatic carbocycles. The molecule has 1 aromatic heterocycles. The van der Waals surface area contributed by atoms with E-state index < -0.39 is 11.3 Å². The number of rotatable bonds is 7. The summed E-state index contributed by atoms with van der Waals surface area (Å²) in [7, 11) is 5.14. The Labute approximate surface area is 174 Å². The topological polar surface area (TPSA) is 80.5 Å². The van der Waals surface area contributed by atoms with Crippen molar-refractivity contribution in [1.29, 1.82) is 0 Å². The van der Waals surface area contributed by atoms with E-state index in [4.69, 9.17) is 4.74 Å². The predicted octanol–water partition coefficient (Wildman–Crippen LogP) is 3.64. The Balaban J connectivity index is 2.09. The van der Waals surface area contributed by atoms with Gasteiger partial charge in [0.25, 0.3) is 0 Å². The molecule has 156 valence electrons. The lowest BCUT2D eigenvalue weighted by atomic mass is 9.81. The van der Waals surface area contributed by atoms with Crippen LogP contribution in [0.4, 0.5) is 0 Å². The van der Waals surface area contributed by atoms with E-state index in [9.17, 15) is 8.76 Å². The second kappa shape index (κ2) is 8.61. The maximum Gasteiger partial charge on any atom is 0.234 e. The molecule has 0 fully saturated rings. The summed E-state index contributed by atoms with van der Waals surface area (Å²) >= 11 is -2.00. The maximum absolute atomic E-state index is 11.4. The highest BCUT2D eigenvalue weighted by atomic mass is 32.2. The van der Waals surface area contributed by atoms with Crippen LogP contribution < -0.4 is 4.74 Å². The SMILES string of the molecule is COc1cc(C(c2ccc(C)c(CN(C)S(=O)O)c2)C(C)C)cc2nnn(C)c12. The number of benzene rings is 2. The van der Waals surface area contributed by atoms with Crippen LogP contribution in [0, 0.1) is 12.8 Å². The Morgan fingerprint density at radius 3 is 2.59 bits per heavy atom. The summed E-state index contributed by atoms with van der Waals surface area (Å²) in [5.41, 5.74) is 6.06. The van der Waals surface area contributed by atoms with Crippen molar-refractivity contribution in [2.45, 2.75) is 33.2 Å². The van der Waals surface area contributed by atoms with E-state index in [1.54, 1.807) is 18.8 Å². The van der Waals surface area contributed by atoms with Crippen molar-refractivity contribution >= 4 is 22.3 Å². The van der Waals surface area contributed by atoms with Crippen LogP contribution in [0.5, 0.6) is 5.75 Å². The lowest BCUT2D eigenvalue weighted by Crippen LogP contribution is -2.20. The van der Waals surface area contributed by atoms with Crippen LogP contribution in [0.1, 0.15) is 42.0 Å². The van der Waals surface area contributed by atoms with Gasteiger partial charge in [-0.15, -0.1) is 5.10 Å². The van der Waals surface area contributed by atoms with Gasteiger partial charge in [0.1, 0.15) is 16.8 Å². The van der Waals surface area contributed by atoms with E-state index in [0.29, 0.717) is 12.5 Å². The van der Waals surface area contributed by atoms with E-state index in [-0.39, 0.29) is 5.92 Å². The zero-order valence-electron chi connectivity index (χ0n) is 17.7. The maximum atomic E-state index is 11.4. The van der Waals surface area contributed by atoms with Crippen LogP contribution >= 0.6 is 0 Å². The number of aromatic nitrogens is 3. The molecule has 0 aliphatic rings. The Kier molecular flexibility index (Phi) is 6.36. The fraction of sp³-hybridized carbons (Fsp3) is 0.429. The molecule has 0 spiro atoms. The summed E-state index contributed by atoms with van der Waals surface area (Å²) in [4.78, 5) is 0. The highest BCUT2D eigenvalue weighted by Gasteiger charge is 2.22. The normalized spacial score (nSPS) is 14.0. The van der Waals surface area contributed by atoms with Crippen molar-refractivity contribution in [3.63, 3.8) is 0 Å². The summed E-state index contributed by atoms with van der Waals surface area (Å²) in [6.45, 7) is 6.80. The molecule has 2 atom stereocenters. The third kappa shape index (κ3) is 4.34. The molecule has 0 saturated heterocycles. The number of aryl methyl sites for hydroxylation is 2. The fourth-order valence-corrected chi connectivity index (χ4v) is 4.07. The molecule has 7 nitrogen and oxygen atoms in total. The van der Waals surface area contributed by atoms with Gasteiger partial charge < -0.3 is 4.74 Å². The molecule has 2 unspecified atom stereocenters. The number of hydrogen-bond donors (Lipinski definition) is 1. The third-order valence-electron chi connectivity index (χ3n) is 5.33. The van der Waals surface area contributed by atoms with Gasteiger partial charge in [-0.2, -0.15) is 4.31 Å². The Bertz CT molecular complexity index is 1050. The van der Waals surface area contributed by atoms with Crippen molar-refractivity contribution in [3.05, 3.63) is 52.6 Å². The van der Waals surface area contributed by atoms with Crippen molar-refractivity contribution in [2.75, 3.05) is 14.2 Å². The van der Waals surface area contributed by atoms with Gasteiger partial charge in [-0.1, -0.05) is 37.3 Å². The summed E-state index contributed by atoms with van der Waals surface area (Å²) < 4.78 is 29.5. The zero-order valence-corrected chi connectivity index (χ0v) is 18.5. The number of fused-ring (bicyclic) bond motifs is 1. The number of hydrogen-bond acceptors (Lipinski definition) is 4. The van der Waals surface area contributed by atoms with Crippen molar-refractivity contribution < 1.29 is 13.5 Å². The van der Waals surface area contributed by atoms with Gasteiger partial charge in [0.2, 0.25) is 11.3 Å². The molecule has 1 N–H and O–H groups in total. The summed E-state index contributed by atoms with van der Waals surface area (Å²) in [6.07, 6.45) is 0. The smallest absolute Gasteiger partial charge is 0.234 e. The van der Waals surface area contributed by atoms with Gasteiger partial charge in [-0.05, 0) is 47.2 Å². The predicted molar refractivity (Wildman–Crippen MR) is 115 cm³/mol. The average molecular weight is 417 g/mol. The quantitative estimate of drug-likeness (QED) is 0.595. The highest BCUT2D eigenvalue weighted by molar-refractivity contribution is 7.76. The number of nitrogens with zero attached hydrogens (tertiary/aromatic N) is 4. The number of ether oxygens (including phenoxy) is 1. The second-order valence-corrected chi connectivity index (χ2v) is 8.81. The first-order chi connectivity index (χ1) is 13.7. The van der Waals surface area contributed by atoms with Gasteiger partial charge in [0.05, 0.1) is 7.11 Å². The lowest BCUT2D eigenvalue weighted by Gasteiger charge is -2.24. The molecule has 1 heterocycles. The first-order valence-electron chi connectivity index (χ1n) is 9.51. The third-order valence-corrected chi connectivity index (χ3v) is 5.99. The fourth-order valence-electron chi connectivity index (χ4n) is 3.82. The molecule has 0 saturated carbocycles. The molecule has 0 radical (unpaired) electrons. The van der Waals surface area contributed by atoms with Crippen molar-refractivity contribution in [3.8, 4) is 5.75 Å². The minimum atomic E-state index is -2.00. The van der Waals surface area contributed by atoms with Crippen LogP contribution in [0.15, 0.2) is 30.3 Å². The molecule has 0 aliphatic heterocycles. The largest absolute Gasteiger partial charge is 0.494 e. The van der Waals surface area contributed by atoms with E-state index in [2.05, 4.69) is 54.5 Å². The van der Waals surface area contributed by atoms with E-state index in [1.165, 1.54) is 4.31 Å². The lowest BCUT2D eigenvalue weighted by molar-refractivity contribution is 0.416. The van der Waals surface area contributed by atoms with E-state index in [0.717, 1.165) is 39.0 Å². The highest BCUT2D eigenvalue weighted by Crippen LogP contribution is 2.37. The molecule has 3 aromatic rings. The van der Waals surface area contributed by atoms with Gasteiger partial charge in [0.15, 0.2) is 0 Å². The van der Waals surface area contributed by atoms with Gasteiger partial charge in [-0.25, -0.2) is 8.89 Å². The second-order valence-electron chi connectivity index (χ2n) is 7.73. The minimum absolute atomic E-state index is 0.125.